The van der Waals surface area contributed by atoms with Crippen molar-refractivity contribution in [3.05, 3.63) is 52.8 Å². The zero-order valence-electron chi connectivity index (χ0n) is 19.9. The van der Waals surface area contributed by atoms with Crippen molar-refractivity contribution < 1.29 is 35.3 Å². The monoisotopic (exact) mass is 512 g/mol. The Labute approximate surface area is 211 Å². The average molecular weight is 513 g/mol. The molecule has 2 unspecified atom stereocenters. The minimum absolute atomic E-state index is 0. The maximum absolute atomic E-state index is 13.4. The smallest absolute Gasteiger partial charge is 0.336 e. The number of hydrogen-bond acceptors (Lipinski definition) is 2. The summed E-state index contributed by atoms with van der Waals surface area (Å²) < 4.78 is 41.1. The van der Waals surface area contributed by atoms with Crippen molar-refractivity contribution in [1.29, 1.82) is 0 Å². The van der Waals surface area contributed by atoms with Gasteiger partial charge in [-0.1, -0.05) is 46.0 Å². The molecule has 186 valence electrons. The first kappa shape index (κ1) is 26.8. The molecule has 3 fully saturated rings. The number of benzene rings is 1. The largest absolute Gasteiger partial charge is 0.433 e. The van der Waals surface area contributed by atoms with Gasteiger partial charge < -0.3 is 4.90 Å². The Morgan fingerprint density at radius 3 is 2.32 bits per heavy atom. The SMILES string of the molecule is C1CCCC1.Cc1[c-]c(C2C(C)CCN2C(=O)Cn2nc(C3CC3)cc2C(F)(F)F)ccc1.[Cr]. The second-order valence-corrected chi connectivity index (χ2v) is 9.74. The number of likely N-dealkylation sites (tertiary alicyclic amines) is 1. The Morgan fingerprint density at radius 2 is 1.76 bits per heavy atom. The molecule has 2 aromatic rings. The van der Waals surface area contributed by atoms with Crippen LogP contribution in [0.15, 0.2) is 24.3 Å². The number of rotatable bonds is 4. The second kappa shape index (κ2) is 11.3. The summed E-state index contributed by atoms with van der Waals surface area (Å²) in [4.78, 5) is 14.7. The summed E-state index contributed by atoms with van der Waals surface area (Å²) in [5, 5.41) is 4.12. The number of carbonyl (C=O) groups excluding carboxylic acids is 1. The van der Waals surface area contributed by atoms with Crippen LogP contribution in [0.4, 0.5) is 13.2 Å². The Hall–Kier alpha value is -1.78. The molecule has 2 heterocycles. The van der Waals surface area contributed by atoms with E-state index in [1.165, 1.54) is 32.1 Å². The van der Waals surface area contributed by atoms with Crippen molar-refractivity contribution >= 4 is 5.91 Å². The molecule has 1 amide bonds. The number of carbonyl (C=O) groups is 1. The van der Waals surface area contributed by atoms with E-state index < -0.39 is 18.4 Å². The number of nitrogens with zero attached hydrogens (tertiary/aromatic N) is 3. The van der Waals surface area contributed by atoms with Crippen molar-refractivity contribution in [3.63, 3.8) is 0 Å². The van der Waals surface area contributed by atoms with Gasteiger partial charge in [-0.05, 0) is 31.2 Å². The normalized spacial score (nSPS) is 22.2. The van der Waals surface area contributed by atoms with Crippen molar-refractivity contribution in [2.75, 3.05) is 6.54 Å². The summed E-state index contributed by atoms with van der Waals surface area (Å²) in [7, 11) is 0. The second-order valence-electron chi connectivity index (χ2n) is 9.74. The quantitative estimate of drug-likeness (QED) is 0.442. The Bertz CT molecular complexity index is 959. The number of alkyl halides is 3. The maximum atomic E-state index is 13.4. The number of halogens is 3. The number of aryl methyl sites for hydroxylation is 1. The van der Waals surface area contributed by atoms with E-state index in [0.29, 0.717) is 12.2 Å². The first-order chi connectivity index (χ1) is 15.7. The summed E-state index contributed by atoms with van der Waals surface area (Å²) >= 11 is 0. The van der Waals surface area contributed by atoms with Crippen molar-refractivity contribution in [2.45, 2.75) is 89.9 Å². The first-order valence-electron chi connectivity index (χ1n) is 12.2. The third kappa shape index (κ3) is 6.46. The van der Waals surface area contributed by atoms with Crippen LogP contribution in [0.2, 0.25) is 0 Å². The summed E-state index contributed by atoms with van der Waals surface area (Å²) in [6.45, 7) is 4.14. The molecule has 3 aliphatic rings. The molecule has 2 aliphatic carbocycles. The third-order valence-electron chi connectivity index (χ3n) is 6.92. The van der Waals surface area contributed by atoms with E-state index in [1.54, 1.807) is 4.90 Å². The van der Waals surface area contributed by atoms with Gasteiger partial charge in [-0.3, -0.25) is 9.48 Å². The van der Waals surface area contributed by atoms with E-state index in [9.17, 15) is 18.0 Å². The van der Waals surface area contributed by atoms with E-state index in [-0.39, 0.29) is 41.1 Å². The molecule has 1 saturated heterocycles. The fourth-order valence-corrected chi connectivity index (χ4v) is 4.95. The Balaban J connectivity index is 0.000000481. The van der Waals surface area contributed by atoms with E-state index in [2.05, 4.69) is 18.1 Å². The van der Waals surface area contributed by atoms with Gasteiger partial charge in [0, 0.05) is 35.9 Å². The van der Waals surface area contributed by atoms with Crippen LogP contribution in [0.3, 0.4) is 0 Å². The molecule has 0 N–H and O–H groups in total. The van der Waals surface area contributed by atoms with Gasteiger partial charge in [-0.2, -0.15) is 48.1 Å². The molecule has 34 heavy (non-hydrogen) atoms. The molecule has 2 atom stereocenters. The van der Waals surface area contributed by atoms with Crippen LogP contribution >= 0.6 is 0 Å². The zero-order valence-corrected chi connectivity index (χ0v) is 21.2. The van der Waals surface area contributed by atoms with Crippen LogP contribution in [0.1, 0.15) is 92.8 Å². The molecule has 2 saturated carbocycles. The van der Waals surface area contributed by atoms with Gasteiger partial charge in [0.25, 0.3) is 0 Å². The van der Waals surface area contributed by atoms with Crippen LogP contribution < -0.4 is 0 Å². The molecule has 0 spiro atoms. The van der Waals surface area contributed by atoms with Gasteiger partial charge in [0.2, 0.25) is 5.91 Å². The van der Waals surface area contributed by atoms with E-state index in [0.717, 1.165) is 41.1 Å². The fourth-order valence-electron chi connectivity index (χ4n) is 4.95. The van der Waals surface area contributed by atoms with Crippen molar-refractivity contribution in [2.24, 2.45) is 5.92 Å². The van der Waals surface area contributed by atoms with E-state index in [1.807, 2.05) is 25.1 Å². The van der Waals surface area contributed by atoms with Crippen molar-refractivity contribution in [3.8, 4) is 0 Å². The van der Waals surface area contributed by atoms with Crippen LogP contribution in [0, 0.1) is 18.9 Å². The molecular formula is C26H33CrF3N3O-. The Morgan fingerprint density at radius 1 is 1.12 bits per heavy atom. The number of hydrogen-bond donors (Lipinski definition) is 0. The van der Waals surface area contributed by atoms with Gasteiger partial charge in [0.15, 0.2) is 0 Å². The average Bonchev–Trinajstić information content (AvgIpc) is 3.15. The number of amides is 1. The van der Waals surface area contributed by atoms with Gasteiger partial charge in [-0.15, -0.1) is 5.56 Å². The molecule has 1 aliphatic heterocycles. The van der Waals surface area contributed by atoms with E-state index >= 15 is 0 Å². The minimum atomic E-state index is -4.53. The predicted molar refractivity (Wildman–Crippen MR) is 121 cm³/mol. The van der Waals surface area contributed by atoms with Gasteiger partial charge in [0.1, 0.15) is 12.2 Å². The standard InChI is InChI=1S/C21H23F3N3O.C5H10.Cr/c1-13-4-3-5-16(10-13)20-14(2)8-9-26(20)19(28)12-27-18(21(22,23)24)11-17(25-27)15-6-7-15;1-2-4-5-3-1;/h3-5,11,14-15,20H,6-9,12H2,1-2H3;1-5H2;/q-1;;. The molecular weight excluding hydrogens is 479 g/mol. The van der Waals surface area contributed by atoms with Gasteiger partial charge >= 0.3 is 6.18 Å². The van der Waals surface area contributed by atoms with E-state index in [4.69, 9.17) is 0 Å². The first-order valence-corrected chi connectivity index (χ1v) is 12.2. The fraction of sp³-hybridized carbons (Fsp3) is 0.615. The molecule has 0 bridgehead atoms. The van der Waals surface area contributed by atoms with Crippen LogP contribution in [0.25, 0.3) is 0 Å². The van der Waals surface area contributed by atoms with Gasteiger partial charge in [0.05, 0.1) is 5.69 Å². The maximum Gasteiger partial charge on any atom is 0.433 e. The summed E-state index contributed by atoms with van der Waals surface area (Å²) in [5.41, 5.74) is 1.49. The van der Waals surface area contributed by atoms with Gasteiger partial charge in [-0.25, -0.2) is 0 Å². The summed E-state index contributed by atoms with van der Waals surface area (Å²) in [5.74, 6) is -0.0113. The molecule has 1 aromatic heterocycles. The summed E-state index contributed by atoms with van der Waals surface area (Å²) in [6, 6.07) is 10.0. The minimum Gasteiger partial charge on any atom is -0.336 e. The van der Waals surface area contributed by atoms with Crippen molar-refractivity contribution in [1.82, 2.24) is 14.7 Å². The molecule has 8 heteroatoms. The summed E-state index contributed by atoms with van der Waals surface area (Å²) in [6.07, 6.45) is 5.51. The Kier molecular flexibility index (Phi) is 8.92. The molecule has 4 nitrogen and oxygen atoms in total. The molecule has 1 aromatic carbocycles. The topological polar surface area (TPSA) is 38.1 Å². The third-order valence-corrected chi connectivity index (χ3v) is 6.92. The number of aromatic nitrogens is 2. The predicted octanol–water partition coefficient (Wildman–Crippen LogP) is 6.45. The molecule has 0 radical (unpaired) electrons. The molecule has 5 rings (SSSR count). The van der Waals surface area contributed by atoms with Crippen LogP contribution in [-0.2, 0) is 34.9 Å². The van der Waals surface area contributed by atoms with Crippen LogP contribution in [-0.4, -0.2) is 27.1 Å². The zero-order chi connectivity index (χ0) is 23.6. The van der Waals surface area contributed by atoms with Crippen LogP contribution in [0.5, 0.6) is 0 Å².